The van der Waals surface area contributed by atoms with Gasteiger partial charge in [0.2, 0.25) is 17.8 Å². The van der Waals surface area contributed by atoms with E-state index in [1.54, 1.807) is 12.3 Å². The molecule has 21 heteroatoms. The van der Waals surface area contributed by atoms with Crippen molar-refractivity contribution >= 4 is 62.5 Å². The number of imide groups is 2. The molecule has 1 fully saturated rings. The van der Waals surface area contributed by atoms with Gasteiger partial charge >= 0.3 is 0 Å². The SMILES string of the molecule is CC(C)(C)c1nc(-c2cccc(NS(=O)(=O)c3c(F)cccc3F)c2F)c(-c2ccnc(NCCCCCCNC(=O)COc3cccc4c3C(=O)N(C3CCC(=O)NC3=O)C4=O)n2)s1. The Balaban J connectivity index is 0.902. The van der Waals surface area contributed by atoms with E-state index < -0.39 is 85.7 Å². The van der Waals surface area contributed by atoms with E-state index in [1.807, 2.05) is 25.5 Å². The molecule has 0 spiro atoms. The number of nitrogens with one attached hydrogen (secondary N) is 4. The molecule has 1 atom stereocenters. The fourth-order valence-electron chi connectivity index (χ4n) is 7.13. The first-order valence-electron chi connectivity index (χ1n) is 20.5. The third kappa shape index (κ3) is 10.1. The molecule has 3 aromatic carbocycles. The third-order valence-corrected chi connectivity index (χ3v) is 13.3. The summed E-state index contributed by atoms with van der Waals surface area (Å²) in [5.41, 5.74) is -0.446. The van der Waals surface area contributed by atoms with E-state index in [0.717, 1.165) is 48.4 Å². The maximum absolute atomic E-state index is 16.2. The van der Waals surface area contributed by atoms with Gasteiger partial charge in [0.15, 0.2) is 17.3 Å². The second-order valence-corrected chi connectivity index (χ2v) is 18.8. The minimum Gasteiger partial charge on any atom is -0.483 e. The standard InChI is InChI=1S/C44H43F3N8O8S2/c1-44(2,3)42-53-36(25-12-8-15-28(35(25)47)54-65(61,62)38-26(45)13-10-14-27(38)46)37(64-42)29-19-22-50-43(51-29)49-21-7-5-4-6-20-48-33(57)23-63-31-16-9-11-24-34(31)41(60)55(40(24)59)30-17-18-32(56)52-39(30)58/h8-16,19,22,30,54H,4-7,17-18,20-21,23H2,1-3H3,(H,48,57)(H,49,50,51)(H,52,56,58). The number of aromatic nitrogens is 3. The summed E-state index contributed by atoms with van der Waals surface area (Å²) in [6, 6.07) is 11.5. The summed E-state index contributed by atoms with van der Waals surface area (Å²) >= 11 is 1.29. The van der Waals surface area contributed by atoms with E-state index in [0.29, 0.717) is 41.0 Å². The van der Waals surface area contributed by atoms with Crippen molar-refractivity contribution in [2.24, 2.45) is 0 Å². The average Bonchev–Trinajstić information content (AvgIpc) is 3.81. The van der Waals surface area contributed by atoms with Crippen LogP contribution in [0.25, 0.3) is 21.8 Å². The largest absolute Gasteiger partial charge is 0.483 e. The monoisotopic (exact) mass is 932 g/mol. The summed E-state index contributed by atoms with van der Waals surface area (Å²) in [7, 11) is -4.86. The summed E-state index contributed by atoms with van der Waals surface area (Å²) < 4.78 is 78.7. The molecular weight excluding hydrogens is 890 g/mol. The summed E-state index contributed by atoms with van der Waals surface area (Å²) in [4.78, 5) is 76.7. The van der Waals surface area contributed by atoms with Gasteiger partial charge in [-0.25, -0.2) is 36.5 Å². The average molecular weight is 933 g/mol. The topological polar surface area (TPSA) is 219 Å². The lowest BCUT2D eigenvalue weighted by atomic mass is 9.98. The van der Waals surface area contributed by atoms with Gasteiger partial charge in [0.25, 0.3) is 27.7 Å². The molecule has 1 saturated heterocycles. The lowest BCUT2D eigenvalue weighted by Gasteiger charge is -2.27. The first-order chi connectivity index (χ1) is 30.9. The quantitative estimate of drug-likeness (QED) is 0.0592. The number of hydrogen-bond donors (Lipinski definition) is 4. The number of piperidine rings is 1. The fourth-order valence-corrected chi connectivity index (χ4v) is 9.43. The van der Waals surface area contributed by atoms with Crippen molar-refractivity contribution in [3.05, 3.63) is 100 Å². The summed E-state index contributed by atoms with van der Waals surface area (Å²) in [6.07, 6.45) is 4.51. The maximum atomic E-state index is 16.2. The molecular formula is C44H43F3N8O8S2. The predicted octanol–water partition coefficient (Wildman–Crippen LogP) is 6.35. The van der Waals surface area contributed by atoms with Gasteiger partial charge in [-0.2, -0.15) is 0 Å². The molecule has 0 aliphatic carbocycles. The molecule has 4 heterocycles. The van der Waals surface area contributed by atoms with Crippen molar-refractivity contribution in [3.63, 3.8) is 0 Å². The highest BCUT2D eigenvalue weighted by Crippen LogP contribution is 2.42. The number of halogens is 3. The third-order valence-electron chi connectivity index (χ3n) is 10.3. The summed E-state index contributed by atoms with van der Waals surface area (Å²) in [5.74, 6) is -6.39. The van der Waals surface area contributed by atoms with Gasteiger partial charge in [0.1, 0.15) is 23.4 Å². The zero-order valence-electron chi connectivity index (χ0n) is 35.3. The molecule has 0 radical (unpaired) electrons. The van der Waals surface area contributed by atoms with Crippen LogP contribution < -0.4 is 25.4 Å². The Morgan fingerprint density at radius 1 is 0.892 bits per heavy atom. The Bertz CT molecular complexity index is 2800. The van der Waals surface area contributed by atoms with E-state index in [1.165, 1.54) is 41.7 Å². The normalized spacial score (nSPS) is 15.2. The van der Waals surface area contributed by atoms with Gasteiger partial charge in [-0.05, 0) is 61.7 Å². The molecule has 2 aliphatic rings. The Morgan fingerprint density at radius 2 is 1.58 bits per heavy atom. The Labute approximate surface area is 375 Å². The second kappa shape index (κ2) is 19.2. The van der Waals surface area contributed by atoms with E-state index in [2.05, 4.69) is 25.9 Å². The van der Waals surface area contributed by atoms with E-state index in [9.17, 15) is 41.2 Å². The van der Waals surface area contributed by atoms with Crippen molar-refractivity contribution in [2.45, 2.75) is 75.6 Å². The van der Waals surface area contributed by atoms with E-state index in [4.69, 9.17) is 9.72 Å². The molecule has 340 valence electrons. The highest BCUT2D eigenvalue weighted by molar-refractivity contribution is 7.92. The molecule has 0 bridgehead atoms. The number of ether oxygens (including phenoxy) is 1. The molecule has 1 unspecified atom stereocenters. The molecule has 65 heavy (non-hydrogen) atoms. The summed E-state index contributed by atoms with van der Waals surface area (Å²) in [5, 5.41) is 8.76. The van der Waals surface area contributed by atoms with Crippen LogP contribution >= 0.6 is 11.3 Å². The number of nitrogens with zero attached hydrogens (tertiary/aromatic N) is 4. The lowest BCUT2D eigenvalue weighted by molar-refractivity contribution is -0.136. The van der Waals surface area contributed by atoms with E-state index >= 15 is 4.39 Å². The van der Waals surface area contributed by atoms with Crippen LogP contribution in [0.1, 0.15) is 85.0 Å². The van der Waals surface area contributed by atoms with Gasteiger partial charge in [-0.15, -0.1) is 11.3 Å². The number of carbonyl (C=O) groups is 5. The Hall–Kier alpha value is -6.74. The van der Waals surface area contributed by atoms with Gasteiger partial charge in [-0.3, -0.25) is 38.9 Å². The number of rotatable bonds is 17. The van der Waals surface area contributed by atoms with Crippen LogP contribution in [0.3, 0.4) is 0 Å². The predicted molar refractivity (Wildman–Crippen MR) is 233 cm³/mol. The van der Waals surface area contributed by atoms with Gasteiger partial charge in [0.05, 0.1) is 38.1 Å². The van der Waals surface area contributed by atoms with Crippen LogP contribution in [-0.2, 0) is 29.8 Å². The number of benzene rings is 3. The molecule has 16 nitrogen and oxygen atoms in total. The van der Waals surface area contributed by atoms with Crippen LogP contribution in [0.5, 0.6) is 5.75 Å². The number of fused-ring (bicyclic) bond motifs is 1. The lowest BCUT2D eigenvalue weighted by Crippen LogP contribution is -2.54. The van der Waals surface area contributed by atoms with Crippen molar-refractivity contribution in [2.75, 3.05) is 29.7 Å². The zero-order chi connectivity index (χ0) is 46.6. The van der Waals surface area contributed by atoms with Crippen LogP contribution in [0, 0.1) is 17.5 Å². The van der Waals surface area contributed by atoms with Crippen LogP contribution in [0.4, 0.5) is 24.8 Å². The fraction of sp³-hybridized carbons (Fsp3) is 0.318. The highest BCUT2D eigenvalue weighted by atomic mass is 32.2. The minimum atomic E-state index is -4.86. The molecule has 2 aliphatic heterocycles. The maximum Gasteiger partial charge on any atom is 0.267 e. The van der Waals surface area contributed by atoms with Crippen LogP contribution in [-0.4, -0.2) is 83.5 Å². The number of carbonyl (C=O) groups excluding carboxylic acids is 5. The number of unbranched alkanes of at least 4 members (excludes halogenated alkanes) is 3. The number of sulfonamides is 1. The minimum absolute atomic E-state index is 0.0114. The second-order valence-electron chi connectivity index (χ2n) is 16.1. The first kappa shape index (κ1) is 46.3. The highest BCUT2D eigenvalue weighted by Gasteiger charge is 2.46. The van der Waals surface area contributed by atoms with Crippen LogP contribution in [0.2, 0.25) is 0 Å². The first-order valence-corrected chi connectivity index (χ1v) is 22.8. The molecule has 4 N–H and O–H groups in total. The van der Waals surface area contributed by atoms with Gasteiger partial charge in [0, 0.05) is 36.7 Å². The Morgan fingerprint density at radius 3 is 2.31 bits per heavy atom. The van der Waals surface area contributed by atoms with Crippen molar-refractivity contribution in [3.8, 4) is 27.6 Å². The molecule has 5 amide bonds. The Kier molecular flexibility index (Phi) is 13.6. The van der Waals surface area contributed by atoms with Crippen molar-refractivity contribution in [1.29, 1.82) is 0 Å². The zero-order valence-corrected chi connectivity index (χ0v) is 36.9. The van der Waals surface area contributed by atoms with Gasteiger partial charge < -0.3 is 15.4 Å². The van der Waals surface area contributed by atoms with Crippen molar-refractivity contribution < 1.29 is 50.3 Å². The molecule has 5 aromatic rings. The van der Waals surface area contributed by atoms with Gasteiger partial charge in [-0.1, -0.05) is 51.8 Å². The number of thiazole rings is 1. The smallest absolute Gasteiger partial charge is 0.267 e. The number of hydrogen-bond acceptors (Lipinski definition) is 13. The summed E-state index contributed by atoms with van der Waals surface area (Å²) in [6.45, 7) is 6.27. The number of amides is 5. The molecule has 7 rings (SSSR count). The van der Waals surface area contributed by atoms with Crippen LogP contribution in [0.15, 0.2) is 71.8 Å². The van der Waals surface area contributed by atoms with Crippen molar-refractivity contribution in [1.82, 2.24) is 30.5 Å². The van der Waals surface area contributed by atoms with E-state index in [-0.39, 0.29) is 41.0 Å². The molecule has 2 aromatic heterocycles. The molecule has 0 saturated carbocycles. The number of anilines is 2.